The van der Waals surface area contributed by atoms with Crippen molar-refractivity contribution in [2.24, 2.45) is 0 Å². The van der Waals surface area contributed by atoms with Gasteiger partial charge in [0.2, 0.25) is 0 Å². The number of rotatable bonds is 5. The lowest BCUT2D eigenvalue weighted by Gasteiger charge is -2.16. The highest BCUT2D eigenvalue weighted by atomic mass is 16.5. The third kappa shape index (κ3) is 4.12. The Kier molecular flexibility index (Phi) is 5.81. The van der Waals surface area contributed by atoms with Crippen LogP contribution in [0.5, 0.6) is 5.75 Å². The molecule has 0 aromatic heterocycles. The van der Waals surface area contributed by atoms with Gasteiger partial charge in [0.15, 0.2) is 0 Å². The Bertz CT molecular complexity index is 470. The van der Waals surface area contributed by atoms with Gasteiger partial charge in [-0.15, -0.1) is 0 Å². The second-order valence-corrected chi connectivity index (χ2v) is 5.44. The number of carbonyl (C=O) groups excluding carboxylic acids is 1. The molecule has 1 aromatic carbocycles. The molecule has 20 heavy (non-hydrogen) atoms. The van der Waals surface area contributed by atoms with E-state index in [4.69, 9.17) is 4.74 Å². The molecular formula is C17H24O3. The fourth-order valence-corrected chi connectivity index (χ4v) is 2.04. The second kappa shape index (κ2) is 7.13. The van der Waals surface area contributed by atoms with Crippen molar-refractivity contribution in [3.63, 3.8) is 0 Å². The number of ether oxygens (including phenoxy) is 1. The highest BCUT2D eigenvalue weighted by Crippen LogP contribution is 2.35. The van der Waals surface area contributed by atoms with Crippen LogP contribution < -0.4 is 0 Å². The molecule has 0 fully saturated rings. The van der Waals surface area contributed by atoms with Crippen molar-refractivity contribution in [3.8, 4) is 5.75 Å². The Hall–Kier alpha value is -1.77. The SMILES string of the molecule is CCOC(=O)C=Cc1cc(C(C)C)c(O)c(C(C)C)c1. The fourth-order valence-electron chi connectivity index (χ4n) is 2.04. The highest BCUT2D eigenvalue weighted by molar-refractivity contribution is 5.87. The van der Waals surface area contributed by atoms with E-state index in [0.29, 0.717) is 12.4 Å². The predicted octanol–water partition coefficient (Wildman–Crippen LogP) is 4.22. The Labute approximate surface area is 121 Å². The van der Waals surface area contributed by atoms with Gasteiger partial charge < -0.3 is 9.84 Å². The van der Waals surface area contributed by atoms with Gasteiger partial charge in [-0.2, -0.15) is 0 Å². The van der Waals surface area contributed by atoms with Crippen molar-refractivity contribution in [2.45, 2.75) is 46.5 Å². The van der Waals surface area contributed by atoms with Crippen LogP contribution in [-0.2, 0) is 9.53 Å². The molecule has 0 saturated heterocycles. The van der Waals surface area contributed by atoms with Crippen molar-refractivity contribution >= 4 is 12.0 Å². The first kappa shape index (κ1) is 16.3. The van der Waals surface area contributed by atoms with Crippen molar-refractivity contribution in [1.29, 1.82) is 0 Å². The zero-order chi connectivity index (χ0) is 15.3. The lowest BCUT2D eigenvalue weighted by molar-refractivity contribution is -0.137. The summed E-state index contributed by atoms with van der Waals surface area (Å²) >= 11 is 0. The molecule has 1 rings (SSSR count). The maximum absolute atomic E-state index is 11.4. The van der Waals surface area contributed by atoms with Crippen LogP contribution in [0.4, 0.5) is 0 Å². The Morgan fingerprint density at radius 2 is 1.70 bits per heavy atom. The van der Waals surface area contributed by atoms with Crippen LogP contribution in [0.25, 0.3) is 6.08 Å². The van der Waals surface area contributed by atoms with Crippen molar-refractivity contribution < 1.29 is 14.6 Å². The number of hydrogen-bond donors (Lipinski definition) is 1. The van der Waals surface area contributed by atoms with Gasteiger partial charge in [-0.3, -0.25) is 0 Å². The van der Waals surface area contributed by atoms with E-state index in [1.54, 1.807) is 13.0 Å². The summed E-state index contributed by atoms with van der Waals surface area (Å²) in [5.74, 6) is 0.466. The number of hydrogen-bond acceptors (Lipinski definition) is 3. The summed E-state index contributed by atoms with van der Waals surface area (Å²) in [6.45, 7) is 10.3. The van der Waals surface area contributed by atoms with E-state index in [9.17, 15) is 9.90 Å². The van der Waals surface area contributed by atoms with Gasteiger partial charge in [-0.05, 0) is 53.7 Å². The van der Waals surface area contributed by atoms with E-state index >= 15 is 0 Å². The molecule has 0 unspecified atom stereocenters. The topological polar surface area (TPSA) is 46.5 Å². The smallest absolute Gasteiger partial charge is 0.330 e. The first-order chi connectivity index (χ1) is 9.36. The normalized spacial score (nSPS) is 11.6. The zero-order valence-corrected chi connectivity index (χ0v) is 12.9. The third-order valence-electron chi connectivity index (χ3n) is 3.13. The summed E-state index contributed by atoms with van der Waals surface area (Å²) in [6, 6.07) is 3.84. The lowest BCUT2D eigenvalue weighted by atomic mass is 9.91. The van der Waals surface area contributed by atoms with E-state index < -0.39 is 0 Å². The summed E-state index contributed by atoms with van der Waals surface area (Å²) in [4.78, 5) is 11.4. The molecule has 0 spiro atoms. The number of phenols is 1. The van der Waals surface area contributed by atoms with Crippen LogP contribution in [0, 0.1) is 0 Å². The summed E-state index contributed by atoms with van der Waals surface area (Å²) in [6.07, 6.45) is 3.15. The number of esters is 1. The molecule has 0 amide bonds. The van der Waals surface area contributed by atoms with Gasteiger partial charge >= 0.3 is 5.97 Å². The number of phenolic OH excluding ortho intramolecular Hbond substituents is 1. The Morgan fingerprint density at radius 1 is 1.20 bits per heavy atom. The zero-order valence-electron chi connectivity index (χ0n) is 12.9. The minimum Gasteiger partial charge on any atom is -0.507 e. The van der Waals surface area contributed by atoms with Gasteiger partial charge in [0, 0.05) is 6.08 Å². The predicted molar refractivity (Wildman–Crippen MR) is 82.0 cm³/mol. The maximum Gasteiger partial charge on any atom is 0.330 e. The molecule has 1 N–H and O–H groups in total. The molecule has 0 aliphatic rings. The Balaban J connectivity index is 3.17. The molecule has 0 aliphatic heterocycles. The van der Waals surface area contributed by atoms with Crippen LogP contribution in [-0.4, -0.2) is 17.7 Å². The first-order valence-electron chi connectivity index (χ1n) is 7.08. The summed E-state index contributed by atoms with van der Waals surface area (Å²) in [5.41, 5.74) is 2.71. The van der Waals surface area contributed by atoms with Crippen molar-refractivity contribution in [1.82, 2.24) is 0 Å². The molecule has 0 aliphatic carbocycles. The van der Waals surface area contributed by atoms with Crippen LogP contribution in [0.1, 0.15) is 63.1 Å². The largest absolute Gasteiger partial charge is 0.507 e. The van der Waals surface area contributed by atoms with Gasteiger partial charge in [0.25, 0.3) is 0 Å². The molecule has 0 atom stereocenters. The van der Waals surface area contributed by atoms with Gasteiger partial charge in [0.05, 0.1) is 6.61 Å². The minimum absolute atomic E-state index is 0.225. The van der Waals surface area contributed by atoms with E-state index in [1.165, 1.54) is 6.08 Å². The summed E-state index contributed by atoms with van der Waals surface area (Å²) in [7, 11) is 0. The van der Waals surface area contributed by atoms with Crippen LogP contribution >= 0.6 is 0 Å². The lowest BCUT2D eigenvalue weighted by Crippen LogP contribution is -1.99. The number of benzene rings is 1. The minimum atomic E-state index is -0.349. The molecule has 110 valence electrons. The monoisotopic (exact) mass is 276 g/mol. The average Bonchev–Trinajstić information content (AvgIpc) is 2.37. The quantitative estimate of drug-likeness (QED) is 0.647. The average molecular weight is 276 g/mol. The van der Waals surface area contributed by atoms with E-state index in [1.807, 2.05) is 39.8 Å². The highest BCUT2D eigenvalue weighted by Gasteiger charge is 2.14. The first-order valence-corrected chi connectivity index (χ1v) is 7.08. The van der Waals surface area contributed by atoms with Gasteiger partial charge in [0.1, 0.15) is 5.75 Å². The Morgan fingerprint density at radius 3 is 2.10 bits per heavy atom. The number of aromatic hydroxyl groups is 1. The van der Waals surface area contributed by atoms with Crippen molar-refractivity contribution in [3.05, 3.63) is 34.9 Å². The second-order valence-electron chi connectivity index (χ2n) is 5.44. The molecule has 0 saturated carbocycles. The molecule has 3 heteroatoms. The fraction of sp³-hybridized carbons (Fsp3) is 0.471. The van der Waals surface area contributed by atoms with Crippen molar-refractivity contribution in [2.75, 3.05) is 6.61 Å². The van der Waals surface area contributed by atoms with E-state index in [2.05, 4.69) is 0 Å². The van der Waals surface area contributed by atoms with Crippen LogP contribution in [0.15, 0.2) is 18.2 Å². The summed E-state index contributed by atoms with van der Waals surface area (Å²) in [5, 5.41) is 10.3. The van der Waals surface area contributed by atoms with Gasteiger partial charge in [-0.25, -0.2) is 4.79 Å². The molecular weight excluding hydrogens is 252 g/mol. The van der Waals surface area contributed by atoms with E-state index in [-0.39, 0.29) is 17.8 Å². The van der Waals surface area contributed by atoms with Gasteiger partial charge in [-0.1, -0.05) is 27.7 Å². The molecule has 0 heterocycles. The molecule has 1 aromatic rings. The van der Waals surface area contributed by atoms with E-state index in [0.717, 1.165) is 16.7 Å². The maximum atomic E-state index is 11.4. The van der Waals surface area contributed by atoms with Crippen LogP contribution in [0.3, 0.4) is 0 Å². The molecule has 0 bridgehead atoms. The van der Waals surface area contributed by atoms with Crippen LogP contribution in [0.2, 0.25) is 0 Å². The molecule has 0 radical (unpaired) electrons. The standard InChI is InChI=1S/C17H24O3/c1-6-20-16(18)8-7-13-9-14(11(2)3)17(19)15(10-13)12(4)5/h7-12,19H,6H2,1-5H3. The third-order valence-corrected chi connectivity index (χ3v) is 3.13. The summed E-state index contributed by atoms with van der Waals surface area (Å²) < 4.78 is 4.87. The number of carbonyl (C=O) groups is 1. The molecule has 3 nitrogen and oxygen atoms in total.